The van der Waals surface area contributed by atoms with Crippen LogP contribution in [-0.4, -0.2) is 31.1 Å². The molecule has 0 aliphatic carbocycles. The largest absolute Gasteiger partial charge is 0.496 e. The first kappa shape index (κ1) is 15.3. The van der Waals surface area contributed by atoms with E-state index >= 15 is 0 Å². The lowest BCUT2D eigenvalue weighted by Crippen LogP contribution is -2.39. The molecule has 3 nitrogen and oxygen atoms in total. The van der Waals surface area contributed by atoms with E-state index < -0.39 is 0 Å². The van der Waals surface area contributed by atoms with Crippen LogP contribution in [0.25, 0.3) is 0 Å². The molecule has 0 unspecified atom stereocenters. The van der Waals surface area contributed by atoms with Gasteiger partial charge in [0.25, 0.3) is 0 Å². The zero-order chi connectivity index (χ0) is 12.3. The second kappa shape index (κ2) is 6.98. The Bertz CT molecular complexity index is 376. The Morgan fingerprint density at radius 2 is 2.00 bits per heavy atom. The molecule has 4 heteroatoms. The van der Waals surface area contributed by atoms with Crippen molar-refractivity contribution in [2.75, 3.05) is 20.2 Å². The van der Waals surface area contributed by atoms with Crippen molar-refractivity contribution in [3.05, 3.63) is 29.3 Å². The third kappa shape index (κ3) is 3.87. The number of piperidine rings is 1. The maximum atomic E-state index is 5.92. The Balaban J connectivity index is 0.00000162. The number of benzene rings is 1. The highest BCUT2D eigenvalue weighted by Crippen LogP contribution is 2.22. The first-order valence-electron chi connectivity index (χ1n) is 6.30. The molecule has 1 aliphatic rings. The van der Waals surface area contributed by atoms with Gasteiger partial charge in [0.2, 0.25) is 0 Å². The topological polar surface area (TPSA) is 38.5 Å². The highest BCUT2D eigenvalue weighted by atomic mass is 35.5. The lowest BCUT2D eigenvalue weighted by atomic mass is 10.0. The van der Waals surface area contributed by atoms with Crippen molar-refractivity contribution in [2.24, 2.45) is 5.73 Å². The minimum atomic E-state index is 0. The third-order valence-corrected chi connectivity index (χ3v) is 3.46. The molecule has 2 N–H and O–H groups in total. The van der Waals surface area contributed by atoms with Crippen LogP contribution in [-0.2, 0) is 6.54 Å². The van der Waals surface area contributed by atoms with Gasteiger partial charge in [-0.25, -0.2) is 0 Å². The van der Waals surface area contributed by atoms with Crippen LogP contribution in [0.5, 0.6) is 5.75 Å². The first-order chi connectivity index (χ1) is 8.19. The van der Waals surface area contributed by atoms with Gasteiger partial charge in [-0.3, -0.25) is 4.90 Å². The zero-order valence-corrected chi connectivity index (χ0v) is 12.0. The van der Waals surface area contributed by atoms with Crippen molar-refractivity contribution in [3.63, 3.8) is 0 Å². The van der Waals surface area contributed by atoms with Crippen LogP contribution in [0.3, 0.4) is 0 Å². The molecule has 1 saturated heterocycles. The summed E-state index contributed by atoms with van der Waals surface area (Å²) in [4.78, 5) is 2.46. The molecule has 1 fully saturated rings. The van der Waals surface area contributed by atoms with Gasteiger partial charge in [0.05, 0.1) is 7.11 Å². The second-order valence-electron chi connectivity index (χ2n) is 4.93. The Labute approximate surface area is 116 Å². The lowest BCUT2D eigenvalue weighted by molar-refractivity contribution is 0.203. The van der Waals surface area contributed by atoms with Crippen LogP contribution in [0.4, 0.5) is 0 Å². The van der Waals surface area contributed by atoms with Crippen LogP contribution in [0.15, 0.2) is 18.2 Å². The maximum absolute atomic E-state index is 5.92. The quantitative estimate of drug-likeness (QED) is 0.916. The number of hydrogen-bond acceptors (Lipinski definition) is 3. The van der Waals surface area contributed by atoms with Gasteiger partial charge in [-0.1, -0.05) is 17.7 Å². The molecule has 1 heterocycles. The van der Waals surface area contributed by atoms with Crippen molar-refractivity contribution < 1.29 is 4.74 Å². The molecule has 0 atom stereocenters. The van der Waals surface area contributed by atoms with Gasteiger partial charge in [0, 0.05) is 18.2 Å². The fourth-order valence-electron chi connectivity index (χ4n) is 2.38. The molecule has 1 aliphatic heterocycles. The summed E-state index contributed by atoms with van der Waals surface area (Å²) in [5, 5.41) is 0. The number of nitrogens with zero attached hydrogens (tertiary/aromatic N) is 1. The SMILES string of the molecule is COc1ccc(C)cc1CN1CCC(N)CC1.Cl. The van der Waals surface area contributed by atoms with Gasteiger partial charge < -0.3 is 10.5 Å². The lowest BCUT2D eigenvalue weighted by Gasteiger charge is -2.30. The van der Waals surface area contributed by atoms with Crippen LogP contribution in [0, 0.1) is 6.92 Å². The van der Waals surface area contributed by atoms with E-state index in [0.29, 0.717) is 6.04 Å². The number of halogens is 1. The van der Waals surface area contributed by atoms with E-state index in [-0.39, 0.29) is 12.4 Å². The van der Waals surface area contributed by atoms with E-state index in [2.05, 4.69) is 30.0 Å². The van der Waals surface area contributed by atoms with E-state index in [1.807, 2.05) is 0 Å². The molecule has 0 saturated carbocycles. The summed E-state index contributed by atoms with van der Waals surface area (Å²) < 4.78 is 5.41. The van der Waals surface area contributed by atoms with Gasteiger partial charge in [-0.05, 0) is 38.9 Å². The van der Waals surface area contributed by atoms with Crippen molar-refractivity contribution in [2.45, 2.75) is 32.4 Å². The van der Waals surface area contributed by atoms with E-state index in [9.17, 15) is 0 Å². The van der Waals surface area contributed by atoms with Crippen molar-refractivity contribution in [1.82, 2.24) is 4.90 Å². The fraction of sp³-hybridized carbons (Fsp3) is 0.571. The minimum Gasteiger partial charge on any atom is -0.496 e. The standard InChI is InChI=1S/C14H22N2O.ClH/c1-11-3-4-14(17-2)12(9-11)10-16-7-5-13(15)6-8-16;/h3-4,9,13H,5-8,10,15H2,1-2H3;1H. The van der Waals surface area contributed by atoms with Crippen molar-refractivity contribution in [3.8, 4) is 5.75 Å². The number of methoxy groups -OCH3 is 1. The van der Waals surface area contributed by atoms with Gasteiger partial charge >= 0.3 is 0 Å². The summed E-state index contributed by atoms with van der Waals surface area (Å²) in [5.74, 6) is 0.991. The summed E-state index contributed by atoms with van der Waals surface area (Å²) in [6.07, 6.45) is 2.21. The normalized spacial score (nSPS) is 17.3. The zero-order valence-electron chi connectivity index (χ0n) is 11.2. The Morgan fingerprint density at radius 1 is 1.33 bits per heavy atom. The van der Waals surface area contributed by atoms with E-state index in [1.54, 1.807) is 7.11 Å². The number of ether oxygens (including phenoxy) is 1. The molecule has 0 spiro atoms. The minimum absolute atomic E-state index is 0. The van der Waals surface area contributed by atoms with Gasteiger partial charge in [0.15, 0.2) is 0 Å². The smallest absolute Gasteiger partial charge is 0.123 e. The van der Waals surface area contributed by atoms with Crippen LogP contribution in [0.2, 0.25) is 0 Å². The third-order valence-electron chi connectivity index (χ3n) is 3.46. The molecule has 0 radical (unpaired) electrons. The summed E-state index contributed by atoms with van der Waals surface area (Å²) in [6.45, 7) is 5.28. The van der Waals surface area contributed by atoms with Crippen LogP contribution >= 0.6 is 12.4 Å². The molecule has 1 aromatic carbocycles. The fourth-order valence-corrected chi connectivity index (χ4v) is 2.38. The Morgan fingerprint density at radius 3 is 2.61 bits per heavy atom. The average molecular weight is 271 g/mol. The molecule has 2 rings (SSSR count). The molecule has 0 bridgehead atoms. The maximum Gasteiger partial charge on any atom is 0.123 e. The van der Waals surface area contributed by atoms with Crippen molar-refractivity contribution in [1.29, 1.82) is 0 Å². The molecular weight excluding hydrogens is 248 g/mol. The summed E-state index contributed by atoms with van der Waals surface area (Å²) in [7, 11) is 1.74. The van der Waals surface area contributed by atoms with Crippen LogP contribution < -0.4 is 10.5 Å². The highest BCUT2D eigenvalue weighted by molar-refractivity contribution is 5.85. The predicted molar refractivity (Wildman–Crippen MR) is 77.5 cm³/mol. The van der Waals surface area contributed by atoms with E-state index in [0.717, 1.165) is 38.2 Å². The highest BCUT2D eigenvalue weighted by Gasteiger charge is 2.17. The number of nitrogens with two attached hydrogens (primary N) is 1. The summed E-state index contributed by atoms with van der Waals surface area (Å²) in [6, 6.07) is 6.76. The molecule has 0 amide bonds. The first-order valence-corrected chi connectivity index (χ1v) is 6.30. The van der Waals surface area contributed by atoms with Gasteiger partial charge in [-0.15, -0.1) is 12.4 Å². The predicted octanol–water partition coefficient (Wildman–Crippen LogP) is 2.35. The number of hydrogen-bond donors (Lipinski definition) is 1. The van der Waals surface area contributed by atoms with E-state index in [1.165, 1.54) is 11.1 Å². The van der Waals surface area contributed by atoms with E-state index in [4.69, 9.17) is 10.5 Å². The van der Waals surface area contributed by atoms with Crippen LogP contribution in [0.1, 0.15) is 24.0 Å². The molecule has 0 aromatic heterocycles. The van der Waals surface area contributed by atoms with Crippen molar-refractivity contribution >= 4 is 12.4 Å². The number of aryl methyl sites for hydroxylation is 1. The van der Waals surface area contributed by atoms with Gasteiger partial charge in [0.1, 0.15) is 5.75 Å². The molecule has 18 heavy (non-hydrogen) atoms. The Kier molecular flexibility index (Phi) is 5.93. The monoisotopic (exact) mass is 270 g/mol. The number of rotatable bonds is 3. The Hall–Kier alpha value is -0.770. The summed E-state index contributed by atoms with van der Waals surface area (Å²) >= 11 is 0. The van der Waals surface area contributed by atoms with Gasteiger partial charge in [-0.2, -0.15) is 0 Å². The molecule has 102 valence electrons. The summed E-state index contributed by atoms with van der Waals surface area (Å²) in [5.41, 5.74) is 8.49. The molecular formula is C14H23ClN2O. The average Bonchev–Trinajstić information content (AvgIpc) is 2.32. The number of likely N-dealkylation sites (tertiary alicyclic amines) is 1. The second-order valence-corrected chi connectivity index (χ2v) is 4.93. The molecule has 1 aromatic rings.